The van der Waals surface area contributed by atoms with Gasteiger partial charge in [-0.3, -0.25) is 0 Å². The minimum absolute atomic E-state index is 0.0259. The van der Waals surface area contributed by atoms with Gasteiger partial charge in [0.25, 0.3) is 0 Å². The van der Waals surface area contributed by atoms with Crippen molar-refractivity contribution in [2.45, 2.75) is 12.3 Å². The van der Waals surface area contributed by atoms with Gasteiger partial charge in [-0.1, -0.05) is 23.4 Å². The smallest absolute Gasteiger partial charge is 0.242 e. The molecular weight excluding hydrogens is 353 g/mol. The van der Waals surface area contributed by atoms with E-state index in [4.69, 9.17) is 4.52 Å². The van der Waals surface area contributed by atoms with Crippen molar-refractivity contribution in [1.82, 2.24) is 14.4 Å². The maximum absolute atomic E-state index is 12.9. The Bertz CT molecular complexity index is 906. The van der Waals surface area contributed by atoms with Gasteiger partial charge in [-0.15, -0.1) is 11.3 Å². The van der Waals surface area contributed by atoms with Crippen molar-refractivity contribution in [2.24, 2.45) is 0 Å². The van der Waals surface area contributed by atoms with E-state index in [9.17, 15) is 12.8 Å². The molecule has 24 heavy (non-hydrogen) atoms. The summed E-state index contributed by atoms with van der Waals surface area (Å²) in [7, 11) is -2.14. The first kappa shape index (κ1) is 16.7. The Kier molecular flexibility index (Phi) is 4.74. The van der Waals surface area contributed by atoms with E-state index in [2.05, 4.69) is 10.1 Å². The van der Waals surface area contributed by atoms with Crippen LogP contribution in [0.3, 0.4) is 0 Å². The largest absolute Gasteiger partial charge is 0.337 e. The number of halogens is 1. The number of benzene rings is 1. The fourth-order valence-electron chi connectivity index (χ4n) is 2.02. The third-order valence-electron chi connectivity index (χ3n) is 3.30. The average Bonchev–Trinajstić information content (AvgIpc) is 3.20. The number of nitrogens with zero attached hydrogens (tertiary/aromatic N) is 3. The molecule has 0 N–H and O–H groups in total. The summed E-state index contributed by atoms with van der Waals surface area (Å²) in [6.07, 6.45) is 0. The molecular formula is C15H14FN3O3S2. The quantitative estimate of drug-likeness (QED) is 0.670. The summed E-state index contributed by atoms with van der Waals surface area (Å²) in [4.78, 5) is 5.05. The molecule has 0 saturated heterocycles. The summed E-state index contributed by atoms with van der Waals surface area (Å²) in [5, 5.41) is 5.74. The molecule has 0 spiro atoms. The molecule has 3 rings (SSSR count). The molecule has 0 radical (unpaired) electrons. The Labute approximate surface area is 142 Å². The normalized spacial score (nSPS) is 12.0. The maximum atomic E-state index is 12.9. The molecule has 0 atom stereocenters. The lowest BCUT2D eigenvalue weighted by atomic mass is 10.2. The topological polar surface area (TPSA) is 76.3 Å². The molecule has 0 saturated carbocycles. The van der Waals surface area contributed by atoms with Gasteiger partial charge in [0.05, 0.1) is 17.2 Å². The van der Waals surface area contributed by atoms with Crippen molar-refractivity contribution >= 4 is 21.4 Å². The first-order valence-corrected chi connectivity index (χ1v) is 9.48. The Morgan fingerprint density at radius 1 is 1.25 bits per heavy atom. The van der Waals surface area contributed by atoms with E-state index in [-0.39, 0.29) is 18.2 Å². The molecule has 6 nitrogen and oxygen atoms in total. The second-order valence-electron chi connectivity index (χ2n) is 5.13. The van der Waals surface area contributed by atoms with Crippen molar-refractivity contribution in [2.75, 3.05) is 7.05 Å². The summed E-state index contributed by atoms with van der Waals surface area (Å²) in [6, 6.07) is 9.08. The van der Waals surface area contributed by atoms with Crippen LogP contribution in [0.1, 0.15) is 11.5 Å². The third-order valence-corrected chi connectivity index (χ3v) is 5.95. The van der Waals surface area contributed by atoms with Gasteiger partial charge in [0.15, 0.2) is 0 Å². The van der Waals surface area contributed by atoms with Crippen molar-refractivity contribution in [3.8, 4) is 10.7 Å². The molecule has 9 heteroatoms. The third kappa shape index (κ3) is 3.86. The van der Waals surface area contributed by atoms with Crippen LogP contribution in [-0.2, 0) is 22.3 Å². The Morgan fingerprint density at radius 3 is 2.67 bits per heavy atom. The highest BCUT2D eigenvalue weighted by atomic mass is 32.2. The van der Waals surface area contributed by atoms with Crippen LogP contribution in [0.2, 0.25) is 0 Å². The predicted octanol–water partition coefficient (Wildman–Crippen LogP) is 2.90. The van der Waals surface area contributed by atoms with E-state index in [1.807, 2.05) is 17.5 Å². The summed E-state index contributed by atoms with van der Waals surface area (Å²) in [5.74, 6) is 0.0137. The highest BCUT2D eigenvalue weighted by Crippen LogP contribution is 2.22. The fraction of sp³-hybridized carbons (Fsp3) is 0.200. The molecule has 0 fully saturated rings. The molecule has 0 bridgehead atoms. The van der Waals surface area contributed by atoms with Gasteiger partial charge in [-0.2, -0.15) is 9.29 Å². The van der Waals surface area contributed by atoms with Gasteiger partial charge in [-0.05, 0) is 29.1 Å². The van der Waals surface area contributed by atoms with Crippen molar-refractivity contribution in [3.05, 3.63) is 59.0 Å². The molecule has 0 aliphatic carbocycles. The van der Waals surface area contributed by atoms with Crippen LogP contribution >= 0.6 is 11.3 Å². The number of hydrogen-bond donors (Lipinski definition) is 0. The number of hydrogen-bond acceptors (Lipinski definition) is 6. The van der Waals surface area contributed by atoms with Gasteiger partial charge in [0.2, 0.25) is 21.7 Å². The average molecular weight is 367 g/mol. The highest BCUT2D eigenvalue weighted by molar-refractivity contribution is 7.88. The van der Waals surface area contributed by atoms with Gasteiger partial charge in [0.1, 0.15) is 5.82 Å². The highest BCUT2D eigenvalue weighted by Gasteiger charge is 2.21. The van der Waals surface area contributed by atoms with Crippen LogP contribution in [0.4, 0.5) is 4.39 Å². The van der Waals surface area contributed by atoms with Crippen molar-refractivity contribution in [3.63, 3.8) is 0 Å². The van der Waals surface area contributed by atoms with E-state index in [0.717, 1.165) is 9.18 Å². The second kappa shape index (κ2) is 6.80. The molecule has 0 unspecified atom stereocenters. The van der Waals surface area contributed by atoms with Crippen LogP contribution in [-0.4, -0.2) is 29.9 Å². The summed E-state index contributed by atoms with van der Waals surface area (Å²) >= 11 is 1.47. The van der Waals surface area contributed by atoms with Crippen LogP contribution in [0.15, 0.2) is 46.3 Å². The maximum Gasteiger partial charge on any atom is 0.242 e. The molecule has 0 aliphatic heterocycles. The second-order valence-corrected chi connectivity index (χ2v) is 8.15. The van der Waals surface area contributed by atoms with E-state index in [0.29, 0.717) is 11.4 Å². The zero-order chi connectivity index (χ0) is 17.2. The summed E-state index contributed by atoms with van der Waals surface area (Å²) in [6.45, 7) is -0.0259. The van der Waals surface area contributed by atoms with Gasteiger partial charge in [0, 0.05) is 7.05 Å². The molecule has 0 aliphatic rings. The first-order chi connectivity index (χ1) is 11.4. The summed E-state index contributed by atoms with van der Waals surface area (Å²) in [5.41, 5.74) is 0.507. The van der Waals surface area contributed by atoms with E-state index in [1.165, 1.54) is 42.6 Å². The predicted molar refractivity (Wildman–Crippen MR) is 88.1 cm³/mol. The van der Waals surface area contributed by atoms with Crippen LogP contribution in [0.5, 0.6) is 0 Å². The zero-order valence-corrected chi connectivity index (χ0v) is 14.3. The van der Waals surface area contributed by atoms with Crippen LogP contribution in [0.25, 0.3) is 10.7 Å². The molecule has 2 heterocycles. The molecule has 2 aromatic heterocycles. The first-order valence-electron chi connectivity index (χ1n) is 6.99. The van der Waals surface area contributed by atoms with Crippen molar-refractivity contribution in [1.29, 1.82) is 0 Å². The van der Waals surface area contributed by atoms with Crippen LogP contribution in [0, 0.1) is 5.82 Å². The number of aromatic nitrogens is 2. The fourth-order valence-corrected chi connectivity index (χ4v) is 3.81. The SMILES string of the molecule is CN(Cc1nc(-c2cccs2)no1)S(=O)(=O)Cc1ccc(F)cc1. The Balaban J connectivity index is 1.69. The Hall–Kier alpha value is -2.10. The minimum atomic E-state index is -3.58. The molecule has 0 amide bonds. The van der Waals surface area contributed by atoms with Gasteiger partial charge < -0.3 is 4.52 Å². The van der Waals surface area contributed by atoms with Crippen molar-refractivity contribution < 1.29 is 17.3 Å². The van der Waals surface area contributed by atoms with Gasteiger partial charge in [-0.25, -0.2) is 12.8 Å². The standard InChI is InChI=1S/C15H14FN3O3S2/c1-19(24(20,21)10-11-4-6-12(16)7-5-11)9-14-17-15(18-22-14)13-3-2-8-23-13/h2-8H,9-10H2,1H3. The summed E-state index contributed by atoms with van der Waals surface area (Å²) < 4.78 is 43.9. The number of rotatable bonds is 6. The lowest BCUT2D eigenvalue weighted by molar-refractivity contribution is 0.336. The molecule has 1 aromatic carbocycles. The van der Waals surface area contributed by atoms with E-state index < -0.39 is 15.8 Å². The minimum Gasteiger partial charge on any atom is -0.337 e. The lowest BCUT2D eigenvalue weighted by Gasteiger charge is -2.15. The monoisotopic (exact) mass is 367 g/mol. The zero-order valence-electron chi connectivity index (χ0n) is 12.7. The van der Waals surface area contributed by atoms with Crippen LogP contribution < -0.4 is 0 Å². The number of sulfonamides is 1. The Morgan fingerprint density at radius 2 is 2.00 bits per heavy atom. The van der Waals surface area contributed by atoms with E-state index in [1.54, 1.807) is 0 Å². The molecule has 3 aromatic rings. The lowest BCUT2D eigenvalue weighted by Crippen LogP contribution is -2.27. The van der Waals surface area contributed by atoms with E-state index >= 15 is 0 Å². The van der Waals surface area contributed by atoms with Gasteiger partial charge >= 0.3 is 0 Å². The number of thiophene rings is 1. The molecule has 126 valence electrons.